The monoisotopic (exact) mass is 510 g/mol. The number of rotatable bonds is 12. The molecule has 0 unspecified atom stereocenters. The van der Waals surface area contributed by atoms with Gasteiger partial charge in [-0.15, -0.1) is 0 Å². The van der Waals surface area contributed by atoms with Crippen molar-refractivity contribution in [3.8, 4) is 11.5 Å². The summed E-state index contributed by atoms with van der Waals surface area (Å²) in [6.45, 7) is 18.9. The van der Waals surface area contributed by atoms with Gasteiger partial charge in [-0.1, -0.05) is 0 Å². The van der Waals surface area contributed by atoms with Gasteiger partial charge in [0, 0.05) is 0 Å². The summed E-state index contributed by atoms with van der Waals surface area (Å²) >= 11 is -2.33. The van der Waals surface area contributed by atoms with Crippen molar-refractivity contribution in [2.75, 3.05) is 0 Å². The molecule has 160 valence electrons. The van der Waals surface area contributed by atoms with Gasteiger partial charge in [-0.3, -0.25) is 0 Å². The molecular weight excluding hydrogens is 460 g/mol. The topological polar surface area (TPSA) is 9.23 Å². The van der Waals surface area contributed by atoms with Crippen LogP contribution in [0.15, 0.2) is 0 Å². The third kappa shape index (κ3) is 9.72. The molecule has 1 nitrogen and oxygen atoms in total. The molecule has 0 aromatic rings. The molecule has 0 amide bonds. The van der Waals surface area contributed by atoms with Gasteiger partial charge in [-0.2, -0.15) is 0 Å². The summed E-state index contributed by atoms with van der Waals surface area (Å²) < 4.78 is 10.2. The van der Waals surface area contributed by atoms with Crippen LogP contribution < -0.4 is 0 Å². The van der Waals surface area contributed by atoms with Crippen LogP contribution in [-0.4, -0.2) is 32.8 Å². The fourth-order valence-corrected chi connectivity index (χ4v) is 18.2. The Bertz CT molecular complexity index is 459. The Morgan fingerprint density at radius 1 is 0.852 bits per heavy atom. The van der Waals surface area contributed by atoms with Crippen molar-refractivity contribution in [3.63, 3.8) is 0 Å². The van der Waals surface area contributed by atoms with Crippen LogP contribution in [0.4, 0.5) is 0 Å². The molecule has 0 spiro atoms. The van der Waals surface area contributed by atoms with Gasteiger partial charge in [0.2, 0.25) is 0 Å². The van der Waals surface area contributed by atoms with E-state index in [0.29, 0.717) is 10.1 Å². The second-order valence-corrected chi connectivity index (χ2v) is 24.1. The maximum atomic E-state index is 6.87. The zero-order valence-corrected chi connectivity index (χ0v) is 23.0. The number of unbranched alkanes of at least 4 members (excludes halogenated alkanes) is 6. The van der Waals surface area contributed by atoms with Gasteiger partial charge in [-0.05, 0) is 0 Å². The van der Waals surface area contributed by atoms with Crippen molar-refractivity contribution in [2.45, 2.75) is 125 Å². The first-order valence-corrected chi connectivity index (χ1v) is 20.7. The molecule has 1 aliphatic rings. The molecule has 1 fully saturated rings. The molecule has 0 aromatic carbocycles. The standard InChI is InChI=1S/C24H48OSiTe/c1-9-10-11-12-13-14-15-16-23-24(17-18-26(6,7)8)27(25-23,19-21(2)3)20-22(4)5/h21-24H,9-16,19-20H2,1-8H3/t23-,24+/m0/s1. The Balaban J connectivity index is 2.69. The van der Waals surface area contributed by atoms with Gasteiger partial charge in [0.1, 0.15) is 0 Å². The molecule has 0 radical (unpaired) electrons. The van der Waals surface area contributed by atoms with E-state index in [1.807, 2.05) is 0 Å². The fraction of sp³-hybridized carbons (Fsp3) is 0.917. The van der Waals surface area contributed by atoms with E-state index in [-0.39, 0.29) is 0 Å². The Hall–Kier alpha value is 0.526. The quantitative estimate of drug-likeness (QED) is 0.147. The van der Waals surface area contributed by atoms with E-state index in [1.165, 1.54) is 60.3 Å². The average Bonchev–Trinajstić information content (AvgIpc) is 2.50. The first kappa shape index (κ1) is 25.6. The van der Waals surface area contributed by atoms with Crippen molar-refractivity contribution < 1.29 is 3.10 Å². The van der Waals surface area contributed by atoms with E-state index in [9.17, 15) is 0 Å². The molecule has 3 heteroatoms. The van der Waals surface area contributed by atoms with Gasteiger partial charge in [0.05, 0.1) is 0 Å². The second kappa shape index (κ2) is 12.3. The van der Waals surface area contributed by atoms with E-state index in [1.54, 1.807) is 0 Å². The summed E-state index contributed by atoms with van der Waals surface area (Å²) in [6.07, 6.45) is 11.4. The van der Waals surface area contributed by atoms with Crippen LogP contribution in [0.3, 0.4) is 0 Å². The first-order valence-electron chi connectivity index (χ1n) is 11.6. The molecule has 2 atom stereocenters. The van der Waals surface area contributed by atoms with Gasteiger partial charge >= 0.3 is 178 Å². The molecule has 0 aliphatic carbocycles. The third-order valence-corrected chi connectivity index (χ3v) is 18.6. The molecular formula is C24H48OSiTe. The zero-order chi connectivity index (χ0) is 20.5. The molecule has 0 aromatic heterocycles. The summed E-state index contributed by atoms with van der Waals surface area (Å²) in [7, 11) is -1.32. The fourth-order valence-electron chi connectivity index (χ4n) is 4.05. The maximum absolute atomic E-state index is 6.87. The van der Waals surface area contributed by atoms with Crippen molar-refractivity contribution in [2.24, 2.45) is 11.8 Å². The van der Waals surface area contributed by atoms with Crippen LogP contribution in [0.5, 0.6) is 0 Å². The molecule has 1 heterocycles. The van der Waals surface area contributed by atoms with E-state index in [0.717, 1.165) is 11.8 Å². The predicted octanol–water partition coefficient (Wildman–Crippen LogP) is 8.03. The molecule has 1 saturated heterocycles. The average molecular weight is 508 g/mol. The Labute approximate surface area is 177 Å². The van der Waals surface area contributed by atoms with E-state index < -0.39 is 26.7 Å². The van der Waals surface area contributed by atoms with Gasteiger partial charge in [-0.25, -0.2) is 0 Å². The number of hydrogen-bond donors (Lipinski definition) is 0. The molecule has 1 rings (SSSR count). The van der Waals surface area contributed by atoms with Gasteiger partial charge in [0.25, 0.3) is 0 Å². The van der Waals surface area contributed by atoms with Crippen LogP contribution >= 0.6 is 0 Å². The molecule has 0 bridgehead atoms. The first-order chi connectivity index (χ1) is 12.6. The normalized spacial score (nSPS) is 23.0. The van der Waals surface area contributed by atoms with Crippen LogP contribution in [0, 0.1) is 23.3 Å². The van der Waals surface area contributed by atoms with Gasteiger partial charge in [0.15, 0.2) is 0 Å². The van der Waals surface area contributed by atoms with E-state index in [2.05, 4.69) is 65.7 Å². The van der Waals surface area contributed by atoms with Crippen LogP contribution in [0.25, 0.3) is 0 Å². The summed E-state index contributed by atoms with van der Waals surface area (Å²) in [5.74, 6) is 5.35. The van der Waals surface area contributed by atoms with Crippen LogP contribution in [0.1, 0.15) is 86.0 Å². The predicted molar refractivity (Wildman–Crippen MR) is 127 cm³/mol. The van der Waals surface area contributed by atoms with Crippen molar-refractivity contribution in [1.29, 1.82) is 0 Å². The minimum absolute atomic E-state index is 0.461. The molecule has 0 saturated carbocycles. The van der Waals surface area contributed by atoms with Crippen LogP contribution in [-0.2, 0) is 3.10 Å². The summed E-state index contributed by atoms with van der Waals surface area (Å²) in [6, 6.07) is 0. The Kier molecular flexibility index (Phi) is 11.6. The zero-order valence-electron chi connectivity index (χ0n) is 19.7. The Morgan fingerprint density at radius 2 is 1.37 bits per heavy atom. The van der Waals surface area contributed by atoms with Crippen molar-refractivity contribution >= 4 is 26.7 Å². The Morgan fingerprint density at radius 3 is 1.85 bits per heavy atom. The minimum atomic E-state index is -2.33. The summed E-state index contributed by atoms with van der Waals surface area (Å²) in [5.41, 5.74) is 3.74. The van der Waals surface area contributed by atoms with Crippen LogP contribution in [0.2, 0.25) is 32.5 Å². The third-order valence-electron chi connectivity index (χ3n) is 5.03. The van der Waals surface area contributed by atoms with E-state index >= 15 is 0 Å². The van der Waals surface area contributed by atoms with Crippen molar-refractivity contribution in [1.82, 2.24) is 0 Å². The van der Waals surface area contributed by atoms with Crippen molar-refractivity contribution in [3.05, 3.63) is 0 Å². The molecule has 0 N–H and O–H groups in total. The van der Waals surface area contributed by atoms with Gasteiger partial charge < -0.3 is 0 Å². The SMILES string of the molecule is CCCCCCCCC[C@@H]1O[Te](CC(C)C)(CC(C)C)[C@@H]1C#C[Si](C)(C)C. The second-order valence-electron chi connectivity index (χ2n) is 10.5. The summed E-state index contributed by atoms with van der Waals surface area (Å²) in [4.78, 5) is 0. The van der Waals surface area contributed by atoms with E-state index in [4.69, 9.17) is 3.10 Å². The summed E-state index contributed by atoms with van der Waals surface area (Å²) in [5, 5.41) is 0. The molecule has 1 aliphatic heterocycles. The number of hydrogen-bond acceptors (Lipinski definition) is 1. The molecule has 27 heavy (non-hydrogen) atoms.